The first-order valence-corrected chi connectivity index (χ1v) is 9.71. The zero-order valence-corrected chi connectivity index (χ0v) is 16.6. The lowest BCUT2D eigenvalue weighted by Crippen LogP contribution is -2.23. The van der Waals surface area contributed by atoms with Crippen molar-refractivity contribution in [3.63, 3.8) is 0 Å². The first-order valence-electron chi connectivity index (χ1n) is 8.92. The smallest absolute Gasteiger partial charge is 0.224 e. The molecule has 1 fully saturated rings. The van der Waals surface area contributed by atoms with Crippen LogP contribution in [0, 0.1) is 18.7 Å². The van der Waals surface area contributed by atoms with Gasteiger partial charge in [-0.2, -0.15) is 0 Å². The van der Waals surface area contributed by atoms with E-state index < -0.39 is 5.82 Å². The third-order valence-corrected chi connectivity index (χ3v) is 5.59. The first kappa shape index (κ1) is 19.7. The van der Waals surface area contributed by atoms with Gasteiger partial charge in [-0.15, -0.1) is 0 Å². The molecular weight excluding hydrogens is 413 g/mol. The van der Waals surface area contributed by atoms with Gasteiger partial charge >= 0.3 is 0 Å². The highest BCUT2D eigenvalue weighted by Crippen LogP contribution is 2.28. The molecule has 142 valence electrons. The predicted octanol–water partition coefficient (Wildman–Crippen LogP) is 4.88. The molecule has 6 heteroatoms. The van der Waals surface area contributed by atoms with Gasteiger partial charge in [-0.3, -0.25) is 9.59 Å². The Balaban J connectivity index is 1.83. The number of hydrogen-bond donors (Lipinski definition) is 1. The SMILES string of the molecule is Cc1cc(C(=O)c2ccc(F)cc2)c(NC(=O)CC2CCOCC2)cc1Br. The van der Waals surface area contributed by atoms with Crippen LogP contribution >= 0.6 is 15.9 Å². The van der Waals surface area contributed by atoms with Gasteiger partial charge in [0.2, 0.25) is 5.91 Å². The quantitative estimate of drug-likeness (QED) is 0.683. The van der Waals surface area contributed by atoms with E-state index in [0.717, 1.165) is 22.9 Å². The van der Waals surface area contributed by atoms with E-state index in [1.807, 2.05) is 6.92 Å². The van der Waals surface area contributed by atoms with Gasteiger partial charge in [-0.1, -0.05) is 15.9 Å². The molecule has 2 aromatic carbocycles. The van der Waals surface area contributed by atoms with Crippen LogP contribution in [-0.4, -0.2) is 24.9 Å². The van der Waals surface area contributed by atoms with E-state index >= 15 is 0 Å². The number of carbonyl (C=O) groups excluding carboxylic acids is 2. The van der Waals surface area contributed by atoms with Crippen molar-refractivity contribution in [1.29, 1.82) is 0 Å². The number of benzene rings is 2. The van der Waals surface area contributed by atoms with E-state index in [4.69, 9.17) is 4.74 Å². The van der Waals surface area contributed by atoms with Crippen LogP contribution in [0.1, 0.15) is 40.7 Å². The molecule has 0 aliphatic carbocycles. The number of hydrogen-bond acceptors (Lipinski definition) is 3. The number of carbonyl (C=O) groups is 2. The van der Waals surface area contributed by atoms with Crippen LogP contribution in [0.5, 0.6) is 0 Å². The second kappa shape index (κ2) is 8.76. The Labute approximate surface area is 166 Å². The number of ether oxygens (including phenoxy) is 1. The average molecular weight is 434 g/mol. The van der Waals surface area contributed by atoms with Gasteiger partial charge in [0.1, 0.15) is 5.82 Å². The first-order chi connectivity index (χ1) is 12.9. The van der Waals surface area contributed by atoms with Gasteiger partial charge in [0.15, 0.2) is 5.78 Å². The lowest BCUT2D eigenvalue weighted by molar-refractivity contribution is -0.117. The van der Waals surface area contributed by atoms with Crippen LogP contribution in [0.2, 0.25) is 0 Å². The van der Waals surface area contributed by atoms with E-state index in [2.05, 4.69) is 21.2 Å². The predicted molar refractivity (Wildman–Crippen MR) is 106 cm³/mol. The molecular formula is C21H21BrFNO3. The lowest BCUT2D eigenvalue weighted by atomic mass is 9.95. The molecule has 0 spiro atoms. The maximum atomic E-state index is 13.2. The second-order valence-corrected chi connectivity index (χ2v) is 7.65. The minimum atomic E-state index is -0.400. The van der Waals surface area contributed by atoms with Crippen molar-refractivity contribution in [2.24, 2.45) is 5.92 Å². The van der Waals surface area contributed by atoms with E-state index in [-0.39, 0.29) is 11.7 Å². The van der Waals surface area contributed by atoms with E-state index in [0.29, 0.717) is 42.4 Å². The average Bonchev–Trinajstić information content (AvgIpc) is 2.65. The van der Waals surface area contributed by atoms with Gasteiger partial charge in [0.05, 0.1) is 5.69 Å². The third-order valence-electron chi connectivity index (χ3n) is 4.74. The van der Waals surface area contributed by atoms with Crippen molar-refractivity contribution in [2.45, 2.75) is 26.2 Å². The molecule has 1 saturated heterocycles. The molecule has 0 saturated carbocycles. The fourth-order valence-corrected chi connectivity index (χ4v) is 3.49. The number of amides is 1. The topological polar surface area (TPSA) is 55.4 Å². The summed E-state index contributed by atoms with van der Waals surface area (Å²) in [6.45, 7) is 3.24. The molecule has 0 aromatic heterocycles. The zero-order valence-electron chi connectivity index (χ0n) is 15.1. The highest BCUT2D eigenvalue weighted by molar-refractivity contribution is 9.10. The van der Waals surface area contributed by atoms with Gasteiger partial charge in [-0.05, 0) is 67.6 Å². The molecule has 0 atom stereocenters. The maximum Gasteiger partial charge on any atom is 0.224 e. The molecule has 3 rings (SSSR count). The molecule has 1 N–H and O–H groups in total. The van der Waals surface area contributed by atoms with E-state index in [1.165, 1.54) is 24.3 Å². The van der Waals surface area contributed by atoms with Crippen LogP contribution < -0.4 is 5.32 Å². The Bertz CT molecular complexity index is 845. The summed E-state index contributed by atoms with van der Waals surface area (Å²) in [5.74, 6) is -0.481. The molecule has 1 heterocycles. The summed E-state index contributed by atoms with van der Waals surface area (Å²) in [7, 11) is 0. The lowest BCUT2D eigenvalue weighted by Gasteiger charge is -2.21. The molecule has 4 nitrogen and oxygen atoms in total. The van der Waals surface area contributed by atoms with Crippen LogP contribution in [-0.2, 0) is 9.53 Å². The van der Waals surface area contributed by atoms with Crippen LogP contribution in [0.15, 0.2) is 40.9 Å². The zero-order chi connectivity index (χ0) is 19.4. The second-order valence-electron chi connectivity index (χ2n) is 6.79. The molecule has 0 bridgehead atoms. The summed E-state index contributed by atoms with van der Waals surface area (Å²) in [6.07, 6.45) is 2.14. The summed E-state index contributed by atoms with van der Waals surface area (Å²) >= 11 is 3.45. The minimum Gasteiger partial charge on any atom is -0.381 e. The van der Waals surface area contributed by atoms with E-state index in [1.54, 1.807) is 12.1 Å². The summed E-state index contributed by atoms with van der Waals surface area (Å²) < 4.78 is 19.3. The van der Waals surface area contributed by atoms with Crippen LogP contribution in [0.4, 0.5) is 10.1 Å². The Morgan fingerprint density at radius 2 is 1.85 bits per heavy atom. The Hall–Kier alpha value is -2.05. The highest BCUT2D eigenvalue weighted by atomic mass is 79.9. The molecule has 1 amide bonds. The van der Waals surface area contributed by atoms with Crippen LogP contribution in [0.3, 0.4) is 0 Å². The fourth-order valence-electron chi connectivity index (χ4n) is 3.14. The number of anilines is 1. The monoisotopic (exact) mass is 433 g/mol. The number of nitrogens with one attached hydrogen (secondary N) is 1. The molecule has 1 aliphatic rings. The number of rotatable bonds is 5. The molecule has 2 aromatic rings. The summed E-state index contributed by atoms with van der Waals surface area (Å²) in [5.41, 5.74) is 2.10. The number of ketones is 1. The Kier molecular flexibility index (Phi) is 6.39. The molecule has 0 radical (unpaired) electrons. The standard InChI is InChI=1S/C21H21BrFNO3/c1-13-10-17(21(26)15-2-4-16(23)5-3-15)19(12-18(13)22)24-20(25)11-14-6-8-27-9-7-14/h2-5,10,12,14H,6-9,11H2,1H3,(H,24,25). The van der Waals surface area contributed by atoms with Gasteiger partial charge in [0, 0.05) is 35.2 Å². The van der Waals surface area contributed by atoms with Crippen LogP contribution in [0.25, 0.3) is 0 Å². The third kappa shape index (κ3) is 5.02. The molecule has 0 unspecified atom stereocenters. The minimum absolute atomic E-state index is 0.120. The van der Waals surface area contributed by atoms with Crippen molar-refractivity contribution in [3.8, 4) is 0 Å². The number of aryl methyl sites for hydroxylation is 1. The highest BCUT2D eigenvalue weighted by Gasteiger charge is 2.21. The van der Waals surface area contributed by atoms with Gasteiger partial charge in [-0.25, -0.2) is 4.39 Å². The Morgan fingerprint density at radius 3 is 2.52 bits per heavy atom. The normalized spacial score (nSPS) is 14.8. The molecule has 27 heavy (non-hydrogen) atoms. The van der Waals surface area contributed by atoms with Crippen molar-refractivity contribution in [3.05, 3.63) is 63.4 Å². The Morgan fingerprint density at radius 1 is 1.19 bits per heavy atom. The van der Waals surface area contributed by atoms with Crippen molar-refractivity contribution >= 4 is 33.3 Å². The summed E-state index contributed by atoms with van der Waals surface area (Å²) in [6, 6.07) is 8.88. The van der Waals surface area contributed by atoms with Crippen molar-refractivity contribution < 1.29 is 18.7 Å². The van der Waals surface area contributed by atoms with Crippen molar-refractivity contribution in [1.82, 2.24) is 0 Å². The maximum absolute atomic E-state index is 13.2. The van der Waals surface area contributed by atoms with E-state index in [9.17, 15) is 14.0 Å². The number of halogens is 2. The van der Waals surface area contributed by atoms with Gasteiger partial charge < -0.3 is 10.1 Å². The fraction of sp³-hybridized carbons (Fsp3) is 0.333. The molecule has 1 aliphatic heterocycles. The van der Waals surface area contributed by atoms with Crippen molar-refractivity contribution in [2.75, 3.05) is 18.5 Å². The summed E-state index contributed by atoms with van der Waals surface area (Å²) in [4.78, 5) is 25.4. The summed E-state index contributed by atoms with van der Waals surface area (Å²) in [5, 5.41) is 2.88. The largest absolute Gasteiger partial charge is 0.381 e. The van der Waals surface area contributed by atoms with Gasteiger partial charge in [0.25, 0.3) is 0 Å².